The van der Waals surface area contributed by atoms with Crippen molar-refractivity contribution < 1.29 is 4.74 Å². The zero-order chi connectivity index (χ0) is 15.6. The molecule has 0 spiro atoms. The van der Waals surface area contributed by atoms with E-state index >= 15 is 0 Å². The van der Waals surface area contributed by atoms with Gasteiger partial charge in [-0.25, -0.2) is 0 Å². The molecule has 2 saturated carbocycles. The zero-order valence-corrected chi connectivity index (χ0v) is 14.8. The third-order valence-electron chi connectivity index (χ3n) is 5.78. The summed E-state index contributed by atoms with van der Waals surface area (Å²) >= 11 is 0. The number of hydrogen-bond acceptors (Lipinski definition) is 1. The number of allylic oxidation sites excluding steroid dienone is 3. The lowest BCUT2D eigenvalue weighted by Gasteiger charge is -2.37. The Morgan fingerprint density at radius 3 is 1.95 bits per heavy atom. The van der Waals surface area contributed by atoms with E-state index in [1.165, 1.54) is 57.8 Å². The molecule has 0 heterocycles. The summed E-state index contributed by atoms with van der Waals surface area (Å²) in [6.45, 7) is 5.33. The Labute approximate surface area is 138 Å². The first-order valence-electron chi connectivity index (χ1n) is 9.76. The third kappa shape index (κ3) is 5.82. The van der Waals surface area contributed by atoms with E-state index in [4.69, 9.17) is 4.74 Å². The van der Waals surface area contributed by atoms with Gasteiger partial charge in [0.2, 0.25) is 0 Å². The van der Waals surface area contributed by atoms with Crippen molar-refractivity contribution in [1.82, 2.24) is 0 Å². The highest BCUT2D eigenvalue weighted by molar-refractivity contribution is 4.92. The van der Waals surface area contributed by atoms with E-state index in [0.29, 0.717) is 0 Å². The van der Waals surface area contributed by atoms with E-state index in [1.54, 1.807) is 0 Å². The molecule has 0 bridgehead atoms. The average molecular weight is 305 g/mol. The van der Waals surface area contributed by atoms with Crippen LogP contribution in [0.4, 0.5) is 0 Å². The molecule has 0 aromatic heterocycles. The van der Waals surface area contributed by atoms with Gasteiger partial charge in [0, 0.05) is 0 Å². The van der Waals surface area contributed by atoms with Crippen molar-refractivity contribution >= 4 is 0 Å². The van der Waals surface area contributed by atoms with Crippen molar-refractivity contribution in [3.8, 4) is 0 Å². The van der Waals surface area contributed by atoms with Crippen molar-refractivity contribution in [2.45, 2.75) is 78.1 Å². The van der Waals surface area contributed by atoms with Crippen molar-refractivity contribution in [2.75, 3.05) is 6.61 Å². The molecule has 0 radical (unpaired) electrons. The van der Waals surface area contributed by atoms with Crippen LogP contribution >= 0.6 is 0 Å². The first kappa shape index (κ1) is 17.6. The number of ether oxygens (including phenoxy) is 1. The molecule has 0 unspecified atom stereocenters. The first-order chi connectivity index (χ1) is 10.8. The van der Waals surface area contributed by atoms with Gasteiger partial charge < -0.3 is 4.74 Å². The summed E-state index contributed by atoms with van der Waals surface area (Å²) < 4.78 is 5.66. The monoisotopic (exact) mass is 304 g/mol. The smallest absolute Gasteiger partial charge is 0.0901 e. The van der Waals surface area contributed by atoms with Crippen LogP contribution in [0.15, 0.2) is 24.5 Å². The molecule has 1 nitrogen and oxygen atoms in total. The molecule has 2 rings (SSSR count). The van der Waals surface area contributed by atoms with Crippen LogP contribution in [0, 0.1) is 23.7 Å². The van der Waals surface area contributed by atoms with Crippen LogP contribution in [-0.2, 0) is 4.74 Å². The quantitative estimate of drug-likeness (QED) is 0.385. The molecule has 2 fully saturated rings. The summed E-state index contributed by atoms with van der Waals surface area (Å²) in [6, 6.07) is 0. The van der Waals surface area contributed by atoms with E-state index in [-0.39, 0.29) is 0 Å². The Morgan fingerprint density at radius 2 is 1.36 bits per heavy atom. The first-order valence-corrected chi connectivity index (χ1v) is 9.76. The summed E-state index contributed by atoms with van der Waals surface area (Å²) in [7, 11) is 0. The Hall–Kier alpha value is -0.720. The Bertz CT molecular complexity index is 328. The van der Waals surface area contributed by atoms with E-state index in [1.807, 2.05) is 6.26 Å². The van der Waals surface area contributed by atoms with Crippen LogP contribution in [0.3, 0.4) is 0 Å². The molecule has 1 heteroatoms. The van der Waals surface area contributed by atoms with Gasteiger partial charge in [-0.1, -0.05) is 32.1 Å². The molecule has 0 aromatic rings. The summed E-state index contributed by atoms with van der Waals surface area (Å²) in [6.07, 6.45) is 22.6. The Morgan fingerprint density at radius 1 is 0.773 bits per heavy atom. The number of rotatable bonds is 7. The normalized spacial score (nSPS) is 33.5. The van der Waals surface area contributed by atoms with Crippen LogP contribution in [0.1, 0.15) is 78.1 Å². The van der Waals surface area contributed by atoms with Crippen molar-refractivity contribution in [2.24, 2.45) is 23.7 Å². The second kappa shape index (κ2) is 10.1. The predicted octanol–water partition coefficient (Wildman–Crippen LogP) is 6.51. The summed E-state index contributed by atoms with van der Waals surface area (Å²) in [5.41, 5.74) is 0. The molecule has 0 atom stereocenters. The maximum atomic E-state index is 5.66. The van der Waals surface area contributed by atoms with Crippen LogP contribution in [-0.4, -0.2) is 6.61 Å². The van der Waals surface area contributed by atoms with Crippen LogP contribution in [0.25, 0.3) is 0 Å². The molecule has 2 aliphatic rings. The second-order valence-electron chi connectivity index (χ2n) is 7.41. The molecular formula is C21H36O. The summed E-state index contributed by atoms with van der Waals surface area (Å²) in [4.78, 5) is 0. The number of hydrogen-bond donors (Lipinski definition) is 0. The van der Waals surface area contributed by atoms with Crippen LogP contribution in [0.5, 0.6) is 0 Å². The zero-order valence-electron chi connectivity index (χ0n) is 14.8. The second-order valence-corrected chi connectivity index (χ2v) is 7.41. The SMILES string of the molecule is CCC=COC[C@H]1CC[C@H]([C@H]2CC[C@H](C=CCC)CC2)CC1. The molecule has 22 heavy (non-hydrogen) atoms. The van der Waals surface area contributed by atoms with E-state index in [2.05, 4.69) is 32.1 Å². The minimum Gasteiger partial charge on any atom is -0.501 e. The molecule has 0 N–H and O–H groups in total. The summed E-state index contributed by atoms with van der Waals surface area (Å²) in [5, 5.41) is 0. The molecule has 0 amide bonds. The maximum absolute atomic E-state index is 5.66. The topological polar surface area (TPSA) is 9.23 Å². The largest absolute Gasteiger partial charge is 0.501 e. The molecule has 126 valence electrons. The van der Waals surface area contributed by atoms with Crippen molar-refractivity contribution in [3.05, 3.63) is 24.5 Å². The fourth-order valence-electron chi connectivity index (χ4n) is 4.32. The van der Waals surface area contributed by atoms with Gasteiger partial charge in [0.25, 0.3) is 0 Å². The van der Waals surface area contributed by atoms with Crippen LogP contribution in [0.2, 0.25) is 0 Å². The van der Waals surface area contributed by atoms with Crippen molar-refractivity contribution in [1.29, 1.82) is 0 Å². The van der Waals surface area contributed by atoms with Gasteiger partial charge in [0.15, 0.2) is 0 Å². The van der Waals surface area contributed by atoms with E-state index in [9.17, 15) is 0 Å². The van der Waals surface area contributed by atoms with Crippen molar-refractivity contribution in [3.63, 3.8) is 0 Å². The molecule has 2 aliphatic carbocycles. The van der Waals surface area contributed by atoms with Gasteiger partial charge in [0.1, 0.15) is 0 Å². The minimum absolute atomic E-state index is 0.807. The molecule has 0 saturated heterocycles. The fraction of sp³-hybridized carbons (Fsp3) is 0.810. The highest BCUT2D eigenvalue weighted by Crippen LogP contribution is 2.41. The van der Waals surface area contributed by atoms with Gasteiger partial charge in [-0.3, -0.25) is 0 Å². The maximum Gasteiger partial charge on any atom is 0.0901 e. The van der Waals surface area contributed by atoms with E-state index < -0.39 is 0 Å². The Kier molecular flexibility index (Phi) is 8.12. The molecule has 0 aliphatic heterocycles. The lowest BCUT2D eigenvalue weighted by atomic mass is 9.69. The lowest BCUT2D eigenvalue weighted by molar-refractivity contribution is 0.113. The van der Waals surface area contributed by atoms with Gasteiger partial charge in [0.05, 0.1) is 12.9 Å². The lowest BCUT2D eigenvalue weighted by Crippen LogP contribution is -2.26. The van der Waals surface area contributed by atoms with Gasteiger partial charge in [-0.15, -0.1) is 0 Å². The Balaban J connectivity index is 1.63. The fourth-order valence-corrected chi connectivity index (χ4v) is 4.32. The standard InChI is InChI=1S/C21H36O/c1-3-5-7-18-8-12-20(13-9-18)21-14-10-19(11-15-21)17-22-16-6-4-2/h5-7,16,18-21H,3-4,8-15,17H2,1-2H3/t18-,19-,20-,21-. The molecule has 0 aromatic carbocycles. The summed E-state index contributed by atoms with van der Waals surface area (Å²) in [5.74, 6) is 3.72. The minimum atomic E-state index is 0.807. The van der Waals surface area contributed by atoms with Gasteiger partial charge >= 0.3 is 0 Å². The van der Waals surface area contributed by atoms with Gasteiger partial charge in [-0.2, -0.15) is 0 Å². The van der Waals surface area contributed by atoms with Crippen LogP contribution < -0.4 is 0 Å². The highest BCUT2D eigenvalue weighted by Gasteiger charge is 2.30. The third-order valence-corrected chi connectivity index (χ3v) is 5.78. The predicted molar refractivity (Wildman–Crippen MR) is 95.7 cm³/mol. The highest BCUT2D eigenvalue weighted by atomic mass is 16.5. The van der Waals surface area contributed by atoms with Gasteiger partial charge in [-0.05, 0) is 87.9 Å². The van der Waals surface area contributed by atoms with E-state index in [0.717, 1.165) is 36.7 Å². The molecular weight excluding hydrogens is 268 g/mol. The average Bonchev–Trinajstić information content (AvgIpc) is 2.58.